The summed E-state index contributed by atoms with van der Waals surface area (Å²) in [5.74, 6) is -2.71. The first-order valence-corrected chi connectivity index (χ1v) is 20.0. The summed E-state index contributed by atoms with van der Waals surface area (Å²) in [5, 5.41) is 58.0. The fourth-order valence-electron chi connectivity index (χ4n) is 9.36. The quantitative estimate of drug-likeness (QED) is 0.196. The molecule has 0 bridgehead atoms. The van der Waals surface area contributed by atoms with E-state index in [0.717, 1.165) is 0 Å². The van der Waals surface area contributed by atoms with Gasteiger partial charge in [0, 0.05) is 50.4 Å². The smallest absolute Gasteiger partial charge is 0.295 e. The molecule has 3 heterocycles. The molecule has 0 aromatic heterocycles. The average molecular weight is 792 g/mol. The zero-order valence-electron chi connectivity index (χ0n) is 35.7. The summed E-state index contributed by atoms with van der Waals surface area (Å²) >= 11 is 0. The summed E-state index contributed by atoms with van der Waals surface area (Å²) in [6.45, 7) is 18.1. The number of methoxy groups -OCH3 is 1. The van der Waals surface area contributed by atoms with E-state index in [9.17, 15) is 35.3 Å². The molecular formula is C39H73N3O13. The molecule has 18 atom stereocenters. The van der Waals surface area contributed by atoms with Crippen LogP contribution in [0.15, 0.2) is 0 Å². The Balaban J connectivity index is 2.23. The minimum absolute atomic E-state index is 0.0774. The Bertz CT molecular complexity index is 1260. The molecule has 0 aliphatic carbocycles. The molecule has 55 heavy (non-hydrogen) atoms. The highest BCUT2D eigenvalue weighted by Crippen LogP contribution is 2.41. The molecule has 0 aromatic carbocycles. The number of Topliss-reactive ketones (excluding diaryl/α,β-unsaturated/α-hetero) is 1. The predicted molar refractivity (Wildman–Crippen MR) is 203 cm³/mol. The maximum absolute atomic E-state index is 14.5. The summed E-state index contributed by atoms with van der Waals surface area (Å²) in [6, 6.07) is -0.976. The standard InChI is InChI=1S/C39H73N3O13/c1-15-27-17-29(43)23(4)31(53-30-19-38(9,50-14)34(45)26(7)52-30)24(5)35(54-36-32(55-42(48)49)28(40(11)12)16-22(3)51-36)37(8,46)18-21(2)20-41(13)25(6)33(44)39(27,10)47/h21-28,30-36,44-47H,15-20H2,1-14H3/t21-,22-,23+,24+,25-,26+,27+,28-,30+,31-,32-,33-,34+,35-,36+,37-,38-,39-/m1/s1. The lowest BCUT2D eigenvalue weighted by molar-refractivity contribution is -0.775. The summed E-state index contributed by atoms with van der Waals surface area (Å²) in [5.41, 5.74) is -4.30. The van der Waals surface area contributed by atoms with Crippen molar-refractivity contribution in [1.82, 2.24) is 9.80 Å². The van der Waals surface area contributed by atoms with Crippen LogP contribution < -0.4 is 0 Å². The van der Waals surface area contributed by atoms with Crippen molar-refractivity contribution in [3.05, 3.63) is 10.1 Å². The monoisotopic (exact) mass is 792 g/mol. The molecule has 3 aliphatic heterocycles. The third kappa shape index (κ3) is 11.1. The molecule has 16 heteroatoms. The van der Waals surface area contributed by atoms with Crippen LogP contribution in [-0.4, -0.2) is 160 Å². The molecule has 3 rings (SSSR count). The van der Waals surface area contributed by atoms with E-state index in [4.69, 9.17) is 28.5 Å². The Morgan fingerprint density at radius 3 is 2.15 bits per heavy atom. The molecule has 0 aromatic rings. The van der Waals surface area contributed by atoms with Crippen molar-refractivity contribution in [3.63, 3.8) is 0 Å². The van der Waals surface area contributed by atoms with Crippen molar-refractivity contribution < 1.29 is 58.8 Å². The zero-order valence-corrected chi connectivity index (χ0v) is 35.7. The van der Waals surface area contributed by atoms with Crippen molar-refractivity contribution >= 4 is 5.78 Å². The molecule has 0 saturated carbocycles. The van der Waals surface area contributed by atoms with Crippen LogP contribution in [-0.2, 0) is 33.3 Å². The third-order valence-corrected chi connectivity index (χ3v) is 13.0. The Labute approximate surface area is 328 Å². The molecule has 0 spiro atoms. The van der Waals surface area contributed by atoms with Gasteiger partial charge in [0.2, 0.25) is 0 Å². The first kappa shape index (κ1) is 47.8. The van der Waals surface area contributed by atoms with Crippen LogP contribution in [0.4, 0.5) is 0 Å². The molecule has 4 N–H and O–H groups in total. The lowest BCUT2D eigenvalue weighted by Crippen LogP contribution is -2.61. The molecule has 3 aliphatic rings. The van der Waals surface area contributed by atoms with E-state index in [-0.39, 0.29) is 37.1 Å². The number of hydrogen-bond acceptors (Lipinski definition) is 15. The fourth-order valence-corrected chi connectivity index (χ4v) is 9.36. The fraction of sp³-hybridized carbons (Fsp3) is 0.974. The van der Waals surface area contributed by atoms with Crippen LogP contribution in [0.5, 0.6) is 0 Å². The Hall–Kier alpha value is -1.57. The topological polar surface area (TPSA) is 203 Å². The van der Waals surface area contributed by atoms with Gasteiger partial charge in [-0.15, -0.1) is 10.1 Å². The van der Waals surface area contributed by atoms with E-state index >= 15 is 0 Å². The van der Waals surface area contributed by atoms with Gasteiger partial charge in [0.15, 0.2) is 18.7 Å². The number of aliphatic hydroxyl groups excluding tert-OH is 2. The van der Waals surface area contributed by atoms with E-state index in [1.54, 1.807) is 55.6 Å². The first-order chi connectivity index (χ1) is 25.3. The van der Waals surface area contributed by atoms with Crippen LogP contribution in [0.1, 0.15) is 101 Å². The normalized spacial score (nSPS) is 47.5. The predicted octanol–water partition coefficient (Wildman–Crippen LogP) is 2.78. The first-order valence-electron chi connectivity index (χ1n) is 20.0. The van der Waals surface area contributed by atoms with Crippen LogP contribution in [0.25, 0.3) is 0 Å². The van der Waals surface area contributed by atoms with E-state index < -0.39 is 101 Å². The van der Waals surface area contributed by atoms with E-state index in [0.29, 0.717) is 19.4 Å². The van der Waals surface area contributed by atoms with Gasteiger partial charge in [0.25, 0.3) is 5.09 Å². The lowest BCUT2D eigenvalue weighted by Gasteiger charge is -2.49. The molecule has 3 fully saturated rings. The molecule has 0 radical (unpaired) electrons. The van der Waals surface area contributed by atoms with Gasteiger partial charge in [-0.1, -0.05) is 34.1 Å². The number of carbonyl (C=O) groups is 1. The molecular weight excluding hydrogens is 718 g/mol. The summed E-state index contributed by atoms with van der Waals surface area (Å²) in [7, 11) is 6.93. The molecule has 3 saturated heterocycles. The minimum atomic E-state index is -1.64. The molecule has 16 nitrogen and oxygen atoms in total. The van der Waals surface area contributed by atoms with E-state index in [1.165, 1.54) is 7.11 Å². The Morgan fingerprint density at radius 2 is 1.60 bits per heavy atom. The van der Waals surface area contributed by atoms with Gasteiger partial charge in [0.1, 0.15) is 11.9 Å². The highest BCUT2D eigenvalue weighted by atomic mass is 17.0. The summed E-state index contributed by atoms with van der Waals surface area (Å²) < 4.78 is 31.7. The van der Waals surface area contributed by atoms with Crippen LogP contribution in [0.3, 0.4) is 0 Å². The molecule has 0 unspecified atom stereocenters. The summed E-state index contributed by atoms with van der Waals surface area (Å²) in [4.78, 5) is 35.3. The van der Waals surface area contributed by atoms with Gasteiger partial charge in [-0.05, 0) is 87.4 Å². The van der Waals surface area contributed by atoms with Crippen molar-refractivity contribution in [2.45, 2.75) is 186 Å². The number of likely N-dealkylation sites (N-methyl/N-ethyl adjacent to an activating group) is 2. The van der Waals surface area contributed by atoms with Gasteiger partial charge >= 0.3 is 0 Å². The van der Waals surface area contributed by atoms with Gasteiger partial charge in [-0.2, -0.15) is 0 Å². The number of ether oxygens (including phenoxy) is 5. The maximum Gasteiger partial charge on any atom is 0.295 e. The highest BCUT2D eigenvalue weighted by molar-refractivity contribution is 5.81. The third-order valence-electron chi connectivity index (χ3n) is 13.0. The van der Waals surface area contributed by atoms with Crippen molar-refractivity contribution in [2.24, 2.45) is 23.7 Å². The zero-order chi connectivity index (χ0) is 42.0. The summed E-state index contributed by atoms with van der Waals surface area (Å²) in [6.07, 6.45) is -7.75. The van der Waals surface area contributed by atoms with Gasteiger partial charge in [-0.25, -0.2) is 0 Å². The van der Waals surface area contributed by atoms with E-state index in [1.807, 2.05) is 44.5 Å². The lowest BCUT2D eigenvalue weighted by atomic mass is 9.74. The van der Waals surface area contributed by atoms with Crippen molar-refractivity contribution in [2.75, 3.05) is 34.8 Å². The second kappa shape index (κ2) is 19.0. The van der Waals surface area contributed by atoms with Gasteiger partial charge < -0.3 is 58.7 Å². The second-order valence-electron chi connectivity index (χ2n) is 17.9. The maximum atomic E-state index is 14.5. The van der Waals surface area contributed by atoms with Crippen molar-refractivity contribution in [3.8, 4) is 0 Å². The minimum Gasteiger partial charge on any atom is -0.388 e. The van der Waals surface area contributed by atoms with Crippen LogP contribution in [0.2, 0.25) is 0 Å². The number of nitrogens with zero attached hydrogens (tertiary/aromatic N) is 3. The SMILES string of the molecule is CC[C@H]1CC(=O)[C@H](C)[C@@H](O[C@H]2C[C@@](C)(OC)[C@@H](O)[C@H](C)O2)[C@H](C)[C@@H](O[C@@H]2O[C@H](C)C[C@@H](N(C)C)[C@H]2O[N+](=O)[O-])[C@](C)(O)C[C@@H](C)CN(C)[C@H](C)[C@@H](O)[C@]1(C)O. The van der Waals surface area contributed by atoms with Crippen molar-refractivity contribution in [1.29, 1.82) is 0 Å². The van der Waals surface area contributed by atoms with Gasteiger partial charge in [-0.3, -0.25) is 4.79 Å². The van der Waals surface area contributed by atoms with Crippen LogP contribution in [0, 0.1) is 33.8 Å². The number of rotatable bonds is 9. The molecule has 0 amide bonds. The van der Waals surface area contributed by atoms with Gasteiger partial charge in [0.05, 0.1) is 47.3 Å². The number of ketones is 1. The number of carbonyl (C=O) groups excluding carboxylic acids is 1. The van der Waals surface area contributed by atoms with E-state index in [2.05, 4.69) is 0 Å². The second-order valence-corrected chi connectivity index (χ2v) is 17.9. The average Bonchev–Trinajstić information content (AvgIpc) is 3.08. The largest absolute Gasteiger partial charge is 0.388 e. The highest BCUT2D eigenvalue weighted by Gasteiger charge is 2.53. The molecule has 322 valence electrons. The number of aliphatic hydroxyl groups is 4. The Morgan fingerprint density at radius 1 is 0.982 bits per heavy atom. The number of hydrogen-bond donors (Lipinski definition) is 4. The van der Waals surface area contributed by atoms with Crippen LogP contribution >= 0.6 is 0 Å². The Kier molecular flexibility index (Phi) is 16.5.